The van der Waals surface area contributed by atoms with Gasteiger partial charge in [0.25, 0.3) is 0 Å². The fourth-order valence-corrected chi connectivity index (χ4v) is 2.91. The molecule has 0 fully saturated rings. The normalized spacial score (nSPS) is 11.8. The minimum Gasteiger partial charge on any atom is -0.444 e. The van der Waals surface area contributed by atoms with Gasteiger partial charge in [0, 0.05) is 19.6 Å². The number of alkyl carbamates (subject to hydrolysis) is 2. The van der Waals surface area contributed by atoms with Crippen molar-refractivity contribution in [2.75, 3.05) is 39.3 Å². The third kappa shape index (κ3) is 16.9. The van der Waals surface area contributed by atoms with Crippen molar-refractivity contribution in [1.82, 2.24) is 15.5 Å². The molecular formula is C25H43N3O5. The summed E-state index contributed by atoms with van der Waals surface area (Å²) < 4.78 is 16.4. The van der Waals surface area contributed by atoms with Gasteiger partial charge < -0.3 is 29.7 Å². The highest BCUT2D eigenvalue weighted by atomic mass is 16.6. The standard InChI is InChI=1S/C25H43N3O5/c1-24(2,3)32-22(29)26-14-10-16-28(17-11-15-27-23(30)33-25(4,5)6)18-19-31-20-21-12-8-7-9-13-21/h7-9,12-13H,10-11,14-20H2,1-6H3,(H,26,29)(H,27,30). The van der Waals surface area contributed by atoms with Gasteiger partial charge in [-0.15, -0.1) is 0 Å². The van der Waals surface area contributed by atoms with Crippen LogP contribution < -0.4 is 10.6 Å². The van der Waals surface area contributed by atoms with E-state index in [2.05, 4.69) is 15.5 Å². The van der Waals surface area contributed by atoms with Crippen molar-refractivity contribution in [2.45, 2.75) is 72.2 Å². The van der Waals surface area contributed by atoms with Crippen molar-refractivity contribution < 1.29 is 23.8 Å². The molecule has 0 radical (unpaired) electrons. The van der Waals surface area contributed by atoms with Crippen molar-refractivity contribution in [3.05, 3.63) is 35.9 Å². The summed E-state index contributed by atoms with van der Waals surface area (Å²) >= 11 is 0. The van der Waals surface area contributed by atoms with Gasteiger partial charge in [-0.1, -0.05) is 30.3 Å². The molecule has 0 aliphatic carbocycles. The number of hydrogen-bond donors (Lipinski definition) is 2. The fourth-order valence-electron chi connectivity index (χ4n) is 2.91. The van der Waals surface area contributed by atoms with E-state index in [1.165, 1.54) is 0 Å². The molecule has 2 amide bonds. The largest absolute Gasteiger partial charge is 0.444 e. The Hall–Kier alpha value is -2.32. The van der Waals surface area contributed by atoms with Gasteiger partial charge in [-0.2, -0.15) is 0 Å². The number of carbonyl (C=O) groups is 2. The summed E-state index contributed by atoms with van der Waals surface area (Å²) in [6.07, 6.45) is 0.776. The van der Waals surface area contributed by atoms with E-state index in [0.717, 1.165) is 38.0 Å². The molecule has 1 rings (SSSR count). The van der Waals surface area contributed by atoms with Crippen LogP contribution in [-0.2, 0) is 20.8 Å². The van der Waals surface area contributed by atoms with Gasteiger partial charge in [-0.05, 0) is 73.0 Å². The molecule has 8 nitrogen and oxygen atoms in total. The SMILES string of the molecule is CC(C)(C)OC(=O)NCCCN(CCCNC(=O)OC(C)(C)C)CCOCc1ccccc1. The zero-order chi connectivity index (χ0) is 24.7. The number of ether oxygens (including phenoxy) is 3. The molecule has 0 aromatic heterocycles. The third-order valence-electron chi connectivity index (χ3n) is 4.30. The van der Waals surface area contributed by atoms with E-state index in [1.54, 1.807) is 0 Å². The quantitative estimate of drug-likeness (QED) is 0.422. The number of amides is 2. The molecule has 188 valence electrons. The summed E-state index contributed by atoms with van der Waals surface area (Å²) in [6, 6.07) is 10.1. The molecule has 0 saturated heterocycles. The lowest BCUT2D eigenvalue weighted by Crippen LogP contribution is -2.37. The Balaban J connectivity index is 2.36. The molecule has 0 unspecified atom stereocenters. The van der Waals surface area contributed by atoms with Crippen LogP contribution in [0, 0.1) is 0 Å². The predicted octanol–water partition coefficient (Wildman–Crippen LogP) is 4.33. The Labute approximate surface area is 199 Å². The number of nitrogens with one attached hydrogen (secondary N) is 2. The first-order chi connectivity index (χ1) is 15.4. The van der Waals surface area contributed by atoms with Gasteiger partial charge in [-0.25, -0.2) is 9.59 Å². The summed E-state index contributed by atoms with van der Waals surface area (Å²) in [4.78, 5) is 25.9. The maximum absolute atomic E-state index is 11.8. The molecule has 0 heterocycles. The molecule has 0 atom stereocenters. The van der Waals surface area contributed by atoms with Gasteiger partial charge in [-0.3, -0.25) is 0 Å². The Morgan fingerprint density at radius 2 is 1.27 bits per heavy atom. The van der Waals surface area contributed by atoms with Crippen LogP contribution in [0.25, 0.3) is 0 Å². The van der Waals surface area contributed by atoms with Crippen LogP contribution in [0.2, 0.25) is 0 Å². The third-order valence-corrected chi connectivity index (χ3v) is 4.30. The van der Waals surface area contributed by atoms with Crippen LogP contribution in [-0.4, -0.2) is 67.6 Å². The molecule has 0 aliphatic rings. The topological polar surface area (TPSA) is 89.1 Å². The zero-order valence-electron chi connectivity index (χ0n) is 21.2. The Morgan fingerprint density at radius 1 is 0.788 bits per heavy atom. The second-order valence-electron chi connectivity index (χ2n) is 9.94. The van der Waals surface area contributed by atoms with Crippen LogP contribution >= 0.6 is 0 Å². The van der Waals surface area contributed by atoms with Crippen LogP contribution in [0.5, 0.6) is 0 Å². The second kappa shape index (κ2) is 14.8. The molecule has 1 aromatic rings. The number of nitrogens with zero attached hydrogens (tertiary/aromatic N) is 1. The van der Waals surface area contributed by atoms with E-state index in [0.29, 0.717) is 26.3 Å². The minimum absolute atomic E-state index is 0.401. The fraction of sp³-hybridized carbons (Fsp3) is 0.680. The van der Waals surface area contributed by atoms with Crippen molar-refractivity contribution in [3.8, 4) is 0 Å². The predicted molar refractivity (Wildman–Crippen MR) is 130 cm³/mol. The first-order valence-electron chi connectivity index (χ1n) is 11.7. The van der Waals surface area contributed by atoms with Gasteiger partial charge >= 0.3 is 12.2 Å². The van der Waals surface area contributed by atoms with E-state index in [9.17, 15) is 9.59 Å². The molecule has 8 heteroatoms. The maximum atomic E-state index is 11.8. The van der Waals surface area contributed by atoms with Crippen molar-refractivity contribution in [3.63, 3.8) is 0 Å². The second-order valence-corrected chi connectivity index (χ2v) is 9.94. The monoisotopic (exact) mass is 465 g/mol. The maximum Gasteiger partial charge on any atom is 0.407 e. The molecule has 0 aliphatic heterocycles. The zero-order valence-corrected chi connectivity index (χ0v) is 21.2. The first-order valence-corrected chi connectivity index (χ1v) is 11.7. The van der Waals surface area contributed by atoms with E-state index in [4.69, 9.17) is 14.2 Å². The minimum atomic E-state index is -0.507. The highest BCUT2D eigenvalue weighted by Gasteiger charge is 2.16. The van der Waals surface area contributed by atoms with E-state index in [1.807, 2.05) is 71.9 Å². The average Bonchev–Trinajstić information content (AvgIpc) is 2.69. The van der Waals surface area contributed by atoms with Crippen LogP contribution in [0.4, 0.5) is 9.59 Å². The number of rotatable bonds is 13. The Morgan fingerprint density at radius 3 is 1.73 bits per heavy atom. The average molecular weight is 466 g/mol. The lowest BCUT2D eigenvalue weighted by Gasteiger charge is -2.23. The molecule has 0 bridgehead atoms. The Bertz CT molecular complexity index is 648. The molecule has 33 heavy (non-hydrogen) atoms. The molecule has 0 saturated carbocycles. The summed E-state index contributed by atoms with van der Waals surface area (Å²) in [5.41, 5.74) is 0.132. The van der Waals surface area contributed by atoms with Crippen LogP contribution in [0.15, 0.2) is 30.3 Å². The number of carbonyl (C=O) groups excluding carboxylic acids is 2. The van der Waals surface area contributed by atoms with Crippen molar-refractivity contribution in [1.29, 1.82) is 0 Å². The highest BCUT2D eigenvalue weighted by Crippen LogP contribution is 2.07. The Kier molecular flexibility index (Phi) is 12.8. The van der Waals surface area contributed by atoms with Gasteiger partial charge in [0.2, 0.25) is 0 Å². The summed E-state index contributed by atoms with van der Waals surface area (Å²) in [6.45, 7) is 15.7. The first kappa shape index (κ1) is 28.7. The van der Waals surface area contributed by atoms with E-state index >= 15 is 0 Å². The van der Waals surface area contributed by atoms with Gasteiger partial charge in [0.15, 0.2) is 0 Å². The molecule has 1 aromatic carbocycles. The molecular weight excluding hydrogens is 422 g/mol. The van der Waals surface area contributed by atoms with Crippen molar-refractivity contribution >= 4 is 12.2 Å². The van der Waals surface area contributed by atoms with Gasteiger partial charge in [0.05, 0.1) is 13.2 Å². The lowest BCUT2D eigenvalue weighted by atomic mass is 10.2. The molecule has 2 N–H and O–H groups in total. The highest BCUT2D eigenvalue weighted by molar-refractivity contribution is 5.67. The van der Waals surface area contributed by atoms with E-state index in [-0.39, 0.29) is 0 Å². The number of hydrogen-bond acceptors (Lipinski definition) is 6. The van der Waals surface area contributed by atoms with Gasteiger partial charge in [0.1, 0.15) is 11.2 Å². The lowest BCUT2D eigenvalue weighted by molar-refractivity contribution is 0.0516. The smallest absolute Gasteiger partial charge is 0.407 e. The summed E-state index contributed by atoms with van der Waals surface area (Å²) in [7, 11) is 0. The van der Waals surface area contributed by atoms with Crippen molar-refractivity contribution in [2.24, 2.45) is 0 Å². The van der Waals surface area contributed by atoms with Crippen LogP contribution in [0.3, 0.4) is 0 Å². The van der Waals surface area contributed by atoms with Crippen LogP contribution in [0.1, 0.15) is 59.9 Å². The number of benzene rings is 1. The summed E-state index contributed by atoms with van der Waals surface area (Å²) in [5, 5.41) is 5.59. The van der Waals surface area contributed by atoms with E-state index < -0.39 is 23.4 Å². The summed E-state index contributed by atoms with van der Waals surface area (Å²) in [5.74, 6) is 0. The molecule has 0 spiro atoms.